The maximum atomic E-state index is 14.5. The van der Waals surface area contributed by atoms with Crippen LogP contribution >= 0.6 is 11.6 Å². The van der Waals surface area contributed by atoms with Crippen LogP contribution in [0.3, 0.4) is 0 Å². The first-order chi connectivity index (χ1) is 21.5. The molecule has 0 fully saturated rings. The molecule has 1 N–H and O–H groups in total. The van der Waals surface area contributed by atoms with Gasteiger partial charge in [0, 0.05) is 30.1 Å². The average Bonchev–Trinajstić information content (AvgIpc) is 3.01. The number of benzene rings is 4. The second-order valence-electron chi connectivity index (χ2n) is 11.0. The van der Waals surface area contributed by atoms with Gasteiger partial charge in [0.05, 0.1) is 17.7 Å². The minimum Gasteiger partial charge on any atom is -0.497 e. The molecule has 2 amide bonds. The van der Waals surface area contributed by atoms with Crippen LogP contribution in [0.2, 0.25) is 5.02 Å². The predicted molar refractivity (Wildman–Crippen MR) is 178 cm³/mol. The summed E-state index contributed by atoms with van der Waals surface area (Å²) in [5, 5.41) is 3.43. The molecule has 0 heterocycles. The number of rotatable bonds is 13. The van der Waals surface area contributed by atoms with E-state index in [4.69, 9.17) is 16.3 Å². The molecule has 8 nitrogen and oxygen atoms in total. The molecule has 0 spiro atoms. The van der Waals surface area contributed by atoms with Crippen molar-refractivity contribution in [1.82, 2.24) is 10.2 Å². The third kappa shape index (κ3) is 8.86. The zero-order chi connectivity index (χ0) is 32.6. The van der Waals surface area contributed by atoms with Crippen LogP contribution < -0.4 is 14.4 Å². The van der Waals surface area contributed by atoms with E-state index in [-0.39, 0.29) is 35.5 Å². The zero-order valence-electron chi connectivity index (χ0n) is 25.8. The highest BCUT2D eigenvalue weighted by Gasteiger charge is 2.35. The highest BCUT2D eigenvalue weighted by Crippen LogP contribution is 2.28. The topological polar surface area (TPSA) is 96.0 Å². The van der Waals surface area contributed by atoms with Gasteiger partial charge in [-0.05, 0) is 68.3 Å². The second kappa shape index (κ2) is 15.1. The van der Waals surface area contributed by atoms with E-state index in [1.807, 2.05) is 57.2 Å². The third-order valence-corrected chi connectivity index (χ3v) is 9.20. The first-order valence-electron chi connectivity index (χ1n) is 14.6. The van der Waals surface area contributed by atoms with Crippen molar-refractivity contribution in [1.29, 1.82) is 0 Å². The van der Waals surface area contributed by atoms with Crippen molar-refractivity contribution in [2.45, 2.75) is 50.7 Å². The largest absolute Gasteiger partial charge is 0.497 e. The van der Waals surface area contributed by atoms with Gasteiger partial charge >= 0.3 is 0 Å². The number of amides is 2. The number of carbonyl (C=O) groups is 2. The lowest BCUT2D eigenvalue weighted by atomic mass is 10.0. The summed E-state index contributed by atoms with van der Waals surface area (Å²) in [5.74, 6) is -0.482. The standard InChI is InChI=1S/C35H38ClN3O5S/c1-25(2)37-35(41)33(21-27-10-6-5-7-11-27)38(23-28-12-8-13-29(36)20-28)34(40)24-39(30-14-9-15-31(22-30)44-4)45(42,43)32-18-16-26(3)17-19-32/h5-20,22,25,33H,21,23-24H2,1-4H3,(H,37,41)/t33-/m1/s1. The molecule has 4 aromatic rings. The van der Waals surface area contributed by atoms with Crippen LogP contribution in [0.4, 0.5) is 5.69 Å². The molecule has 0 saturated heterocycles. The molecule has 0 saturated carbocycles. The first kappa shape index (κ1) is 33.6. The number of carbonyl (C=O) groups excluding carboxylic acids is 2. The van der Waals surface area contributed by atoms with Crippen molar-refractivity contribution in [3.63, 3.8) is 0 Å². The van der Waals surface area contributed by atoms with Crippen molar-refractivity contribution >= 4 is 39.1 Å². The van der Waals surface area contributed by atoms with E-state index < -0.39 is 28.5 Å². The molecule has 4 aromatic carbocycles. The predicted octanol–water partition coefficient (Wildman–Crippen LogP) is 6.02. The Morgan fingerprint density at radius 1 is 0.867 bits per heavy atom. The lowest BCUT2D eigenvalue weighted by molar-refractivity contribution is -0.140. The van der Waals surface area contributed by atoms with Crippen molar-refractivity contribution in [2.24, 2.45) is 0 Å². The normalized spacial score (nSPS) is 12.0. The summed E-state index contributed by atoms with van der Waals surface area (Å²) >= 11 is 6.30. The number of methoxy groups -OCH3 is 1. The summed E-state index contributed by atoms with van der Waals surface area (Å²) < 4.78 is 34.8. The van der Waals surface area contributed by atoms with Crippen molar-refractivity contribution in [3.8, 4) is 5.75 Å². The molecule has 45 heavy (non-hydrogen) atoms. The van der Waals surface area contributed by atoms with Gasteiger partial charge in [-0.2, -0.15) is 0 Å². The molecular formula is C35H38ClN3O5S. The SMILES string of the molecule is COc1cccc(N(CC(=O)N(Cc2cccc(Cl)c2)[C@H](Cc2ccccc2)C(=O)NC(C)C)S(=O)(=O)c2ccc(C)cc2)c1. The summed E-state index contributed by atoms with van der Waals surface area (Å²) in [6.07, 6.45) is 0.218. The molecule has 0 aliphatic heterocycles. The van der Waals surface area contributed by atoms with E-state index in [0.29, 0.717) is 16.3 Å². The van der Waals surface area contributed by atoms with E-state index in [1.54, 1.807) is 54.6 Å². The van der Waals surface area contributed by atoms with Gasteiger partial charge < -0.3 is 15.0 Å². The van der Waals surface area contributed by atoms with Gasteiger partial charge in [0.15, 0.2) is 0 Å². The highest BCUT2D eigenvalue weighted by molar-refractivity contribution is 7.92. The fraction of sp³-hybridized carbons (Fsp3) is 0.257. The lowest BCUT2D eigenvalue weighted by Crippen LogP contribution is -2.54. The van der Waals surface area contributed by atoms with Crippen LogP contribution in [0.15, 0.2) is 108 Å². The van der Waals surface area contributed by atoms with Crippen molar-refractivity contribution in [2.75, 3.05) is 18.0 Å². The Labute approximate surface area is 270 Å². The van der Waals surface area contributed by atoms with Crippen LogP contribution in [0, 0.1) is 6.92 Å². The smallest absolute Gasteiger partial charge is 0.264 e. The fourth-order valence-corrected chi connectivity index (χ4v) is 6.52. The minimum absolute atomic E-state index is 0.0267. The Morgan fingerprint density at radius 3 is 2.18 bits per heavy atom. The van der Waals surface area contributed by atoms with Gasteiger partial charge in [-0.25, -0.2) is 8.42 Å². The van der Waals surface area contributed by atoms with E-state index in [2.05, 4.69) is 5.32 Å². The van der Waals surface area contributed by atoms with Gasteiger partial charge in [0.1, 0.15) is 18.3 Å². The number of nitrogens with zero attached hydrogens (tertiary/aromatic N) is 2. The summed E-state index contributed by atoms with van der Waals surface area (Å²) in [6, 6.07) is 28.3. The number of ether oxygens (including phenoxy) is 1. The lowest BCUT2D eigenvalue weighted by Gasteiger charge is -2.34. The molecule has 0 unspecified atom stereocenters. The van der Waals surface area contributed by atoms with Gasteiger partial charge in [0.25, 0.3) is 10.0 Å². The molecular weight excluding hydrogens is 610 g/mol. The number of anilines is 1. The number of nitrogens with one attached hydrogen (secondary N) is 1. The Bertz CT molecular complexity index is 1710. The number of sulfonamides is 1. The third-order valence-electron chi connectivity index (χ3n) is 7.17. The summed E-state index contributed by atoms with van der Waals surface area (Å²) in [6.45, 7) is 5.02. The average molecular weight is 648 g/mol. The van der Waals surface area contributed by atoms with Crippen LogP contribution in [0.25, 0.3) is 0 Å². The summed E-state index contributed by atoms with van der Waals surface area (Å²) in [5.41, 5.74) is 2.69. The molecule has 236 valence electrons. The van der Waals surface area contributed by atoms with Gasteiger partial charge in [-0.1, -0.05) is 77.8 Å². The number of halogens is 1. The van der Waals surface area contributed by atoms with E-state index in [0.717, 1.165) is 15.4 Å². The van der Waals surface area contributed by atoms with Gasteiger partial charge in [0.2, 0.25) is 11.8 Å². The molecule has 0 aliphatic carbocycles. The number of hydrogen-bond donors (Lipinski definition) is 1. The Morgan fingerprint density at radius 2 is 1.53 bits per heavy atom. The Balaban J connectivity index is 1.82. The Kier molecular flexibility index (Phi) is 11.3. The van der Waals surface area contributed by atoms with Crippen molar-refractivity contribution < 1.29 is 22.7 Å². The second-order valence-corrected chi connectivity index (χ2v) is 13.3. The minimum atomic E-state index is -4.22. The molecule has 0 radical (unpaired) electrons. The van der Waals surface area contributed by atoms with Gasteiger partial charge in [-0.15, -0.1) is 0 Å². The molecule has 0 aromatic heterocycles. The van der Waals surface area contributed by atoms with Crippen LogP contribution in [-0.2, 0) is 32.6 Å². The van der Waals surface area contributed by atoms with E-state index >= 15 is 0 Å². The van der Waals surface area contributed by atoms with E-state index in [9.17, 15) is 18.0 Å². The molecule has 0 bridgehead atoms. The first-order valence-corrected chi connectivity index (χ1v) is 16.4. The highest BCUT2D eigenvalue weighted by atomic mass is 35.5. The van der Waals surface area contributed by atoms with Crippen LogP contribution in [0.1, 0.15) is 30.5 Å². The molecule has 0 aliphatic rings. The van der Waals surface area contributed by atoms with E-state index in [1.165, 1.54) is 24.1 Å². The zero-order valence-corrected chi connectivity index (χ0v) is 27.4. The quantitative estimate of drug-likeness (QED) is 0.192. The molecule has 1 atom stereocenters. The monoisotopic (exact) mass is 647 g/mol. The van der Waals surface area contributed by atoms with Crippen molar-refractivity contribution in [3.05, 3.63) is 125 Å². The number of aryl methyl sites for hydroxylation is 1. The fourth-order valence-electron chi connectivity index (χ4n) is 4.90. The maximum Gasteiger partial charge on any atom is 0.264 e. The van der Waals surface area contributed by atoms with Gasteiger partial charge in [-0.3, -0.25) is 13.9 Å². The van der Waals surface area contributed by atoms with Crippen LogP contribution in [-0.4, -0.2) is 50.9 Å². The maximum absolute atomic E-state index is 14.5. The molecule has 4 rings (SSSR count). The summed E-state index contributed by atoms with van der Waals surface area (Å²) in [7, 11) is -2.74. The van der Waals surface area contributed by atoms with Crippen LogP contribution in [0.5, 0.6) is 5.75 Å². The molecule has 10 heteroatoms. The Hall–Kier alpha value is -4.34. The summed E-state index contributed by atoms with van der Waals surface area (Å²) in [4.78, 5) is 29.7. The number of hydrogen-bond acceptors (Lipinski definition) is 5.